The Morgan fingerprint density at radius 3 is 2.49 bits per heavy atom. The molecule has 2 aromatic carbocycles. The molecule has 1 aliphatic rings. The summed E-state index contributed by atoms with van der Waals surface area (Å²) in [6.07, 6.45) is -0.977. The molecule has 1 aromatic heterocycles. The lowest BCUT2D eigenvalue weighted by atomic mass is 9.78. The Hall–Kier alpha value is -3.50. The van der Waals surface area contributed by atoms with Crippen LogP contribution in [0.3, 0.4) is 0 Å². The maximum absolute atomic E-state index is 14.9. The second kappa shape index (κ2) is 12.6. The molecular weight excluding hydrogens is 533 g/mol. The highest BCUT2D eigenvalue weighted by Crippen LogP contribution is 2.43. The summed E-state index contributed by atoms with van der Waals surface area (Å²) in [7, 11) is 0. The zero-order chi connectivity index (χ0) is 29.9. The molecule has 41 heavy (non-hydrogen) atoms. The number of aliphatic hydroxyl groups excluding tert-OH is 1. The number of nitrogens with zero attached hydrogens (tertiary/aromatic N) is 3. The van der Waals surface area contributed by atoms with Gasteiger partial charge in [-0.3, -0.25) is 4.79 Å². The van der Waals surface area contributed by atoms with Crippen LogP contribution in [0, 0.1) is 23.0 Å². The van der Waals surface area contributed by atoms with Gasteiger partial charge in [0.05, 0.1) is 11.7 Å². The highest BCUT2D eigenvalue weighted by molar-refractivity contribution is 5.81. The lowest BCUT2D eigenvalue weighted by molar-refractivity contribution is -0.147. The van der Waals surface area contributed by atoms with Crippen molar-refractivity contribution in [1.29, 1.82) is 0 Å². The van der Waals surface area contributed by atoms with Crippen molar-refractivity contribution in [3.63, 3.8) is 0 Å². The van der Waals surface area contributed by atoms with Crippen molar-refractivity contribution in [2.24, 2.45) is 11.3 Å². The third kappa shape index (κ3) is 7.05. The molecule has 0 unspecified atom stereocenters. The van der Waals surface area contributed by atoms with Crippen LogP contribution in [0.15, 0.2) is 54.7 Å². The van der Waals surface area contributed by atoms with E-state index >= 15 is 0 Å². The SMILES string of the molecule is CC(=O)CC(C)(C)[C@H](c1nc(-c2cc(F)ccc2F)cn1Cc1ccccc1)N(C[C@@H]1CNC[C@@H]1F)C(=O)[C@H](C)O. The smallest absolute Gasteiger partial charge is 0.251 e. The van der Waals surface area contributed by atoms with E-state index in [1.165, 1.54) is 18.7 Å². The second-order valence-corrected chi connectivity index (χ2v) is 11.6. The van der Waals surface area contributed by atoms with Crippen molar-refractivity contribution in [2.75, 3.05) is 19.6 Å². The Labute approximate surface area is 238 Å². The zero-order valence-electron chi connectivity index (χ0n) is 23.8. The number of nitrogens with one attached hydrogen (secondary N) is 1. The van der Waals surface area contributed by atoms with E-state index in [0.29, 0.717) is 12.4 Å². The molecule has 10 heteroatoms. The van der Waals surface area contributed by atoms with Gasteiger partial charge in [0, 0.05) is 50.3 Å². The van der Waals surface area contributed by atoms with Crippen LogP contribution in [-0.4, -0.2) is 63.2 Å². The van der Waals surface area contributed by atoms with Crippen molar-refractivity contribution in [1.82, 2.24) is 19.8 Å². The van der Waals surface area contributed by atoms with Crippen molar-refractivity contribution in [2.45, 2.75) is 59.0 Å². The fraction of sp³-hybridized carbons (Fsp3) is 0.452. The average Bonchev–Trinajstić information content (AvgIpc) is 3.50. The Kier molecular flexibility index (Phi) is 9.34. The fourth-order valence-electron chi connectivity index (χ4n) is 5.72. The minimum atomic E-state index is -1.41. The Balaban J connectivity index is 1.94. The Morgan fingerprint density at radius 1 is 1.17 bits per heavy atom. The van der Waals surface area contributed by atoms with Crippen molar-refractivity contribution in [3.05, 3.63) is 77.8 Å². The van der Waals surface area contributed by atoms with Crippen LogP contribution in [0.2, 0.25) is 0 Å². The summed E-state index contributed by atoms with van der Waals surface area (Å²) < 4.78 is 45.7. The third-order valence-electron chi connectivity index (χ3n) is 7.54. The zero-order valence-corrected chi connectivity index (χ0v) is 23.8. The number of aromatic nitrogens is 2. The molecule has 0 saturated carbocycles. The number of Topliss-reactive ketones (excluding diaryl/α,β-unsaturated/α-hetero) is 1. The number of benzene rings is 2. The predicted octanol–water partition coefficient (Wildman–Crippen LogP) is 4.69. The molecule has 1 fully saturated rings. The number of hydrogen-bond donors (Lipinski definition) is 2. The van der Waals surface area contributed by atoms with Crippen molar-refractivity contribution < 1.29 is 27.9 Å². The van der Waals surface area contributed by atoms with Crippen molar-refractivity contribution in [3.8, 4) is 11.3 Å². The minimum Gasteiger partial charge on any atom is -0.384 e. The monoisotopic (exact) mass is 570 g/mol. The largest absolute Gasteiger partial charge is 0.384 e. The summed E-state index contributed by atoms with van der Waals surface area (Å²) in [6, 6.07) is 11.6. The summed E-state index contributed by atoms with van der Waals surface area (Å²) in [5.41, 5.74) is 0.0363. The van der Waals surface area contributed by atoms with E-state index in [0.717, 1.165) is 23.8 Å². The molecule has 0 spiro atoms. The topological polar surface area (TPSA) is 87.5 Å². The lowest BCUT2D eigenvalue weighted by Crippen LogP contribution is -2.50. The number of rotatable bonds is 11. The molecule has 220 valence electrons. The van der Waals surface area contributed by atoms with Crippen LogP contribution >= 0.6 is 0 Å². The summed E-state index contributed by atoms with van der Waals surface area (Å²) in [5.74, 6) is -2.31. The number of aliphatic hydroxyl groups is 1. The molecule has 2 heterocycles. The number of carbonyl (C=O) groups excluding carboxylic acids is 2. The molecule has 7 nitrogen and oxygen atoms in total. The molecule has 1 aliphatic heterocycles. The van der Waals surface area contributed by atoms with E-state index < -0.39 is 47.2 Å². The van der Waals surface area contributed by atoms with Gasteiger partial charge in [-0.2, -0.15) is 0 Å². The molecule has 1 amide bonds. The lowest BCUT2D eigenvalue weighted by Gasteiger charge is -2.43. The molecule has 4 rings (SSSR count). The van der Waals surface area contributed by atoms with Crippen molar-refractivity contribution >= 4 is 11.7 Å². The van der Waals surface area contributed by atoms with Gasteiger partial charge in [0.1, 0.15) is 35.5 Å². The van der Waals surface area contributed by atoms with E-state index in [-0.39, 0.29) is 43.1 Å². The highest BCUT2D eigenvalue weighted by atomic mass is 19.1. The Morgan fingerprint density at radius 2 is 1.88 bits per heavy atom. The minimum absolute atomic E-state index is 0.0360. The quantitative estimate of drug-likeness (QED) is 0.349. The highest BCUT2D eigenvalue weighted by Gasteiger charge is 2.44. The average molecular weight is 571 g/mol. The van der Waals surface area contributed by atoms with Crippen LogP contribution in [0.25, 0.3) is 11.3 Å². The summed E-state index contributed by atoms with van der Waals surface area (Å²) in [4.78, 5) is 32.3. The van der Waals surface area contributed by atoms with Gasteiger partial charge in [-0.1, -0.05) is 44.2 Å². The maximum Gasteiger partial charge on any atom is 0.251 e. The van der Waals surface area contributed by atoms with E-state index in [9.17, 15) is 27.9 Å². The van der Waals surface area contributed by atoms with E-state index in [1.807, 2.05) is 44.2 Å². The summed E-state index contributed by atoms with van der Waals surface area (Å²) >= 11 is 0. The number of hydrogen-bond acceptors (Lipinski definition) is 5. The Bertz CT molecular complexity index is 1380. The molecular formula is C31H37F3N4O3. The number of carbonyl (C=O) groups is 2. The maximum atomic E-state index is 14.9. The standard InChI is InChI=1S/C31H37F3N4O3/c1-19(39)13-31(3,4)28(38(30(41)20(2)40)17-22-14-35-15-26(22)34)29-36-27(24-12-23(32)10-11-25(24)33)18-37(29)16-21-8-6-5-7-9-21/h5-12,18,20,22,26,28,35,40H,13-17H2,1-4H3/t20-,22-,26-,28-/m0/s1. The van der Waals surface area contributed by atoms with Gasteiger partial charge in [-0.25, -0.2) is 18.2 Å². The van der Waals surface area contributed by atoms with E-state index in [1.54, 1.807) is 10.8 Å². The first-order valence-corrected chi connectivity index (χ1v) is 13.8. The number of alkyl halides is 1. The van der Waals surface area contributed by atoms with Gasteiger partial charge >= 0.3 is 0 Å². The van der Waals surface area contributed by atoms with Gasteiger partial charge < -0.3 is 24.7 Å². The van der Waals surface area contributed by atoms with Crippen LogP contribution in [-0.2, 0) is 16.1 Å². The van der Waals surface area contributed by atoms with Crippen LogP contribution in [0.1, 0.15) is 51.5 Å². The van der Waals surface area contributed by atoms with Gasteiger partial charge in [0.25, 0.3) is 5.91 Å². The summed E-state index contributed by atoms with van der Waals surface area (Å²) in [5, 5.41) is 13.4. The molecule has 1 saturated heterocycles. The van der Waals surface area contributed by atoms with Gasteiger partial charge in [-0.15, -0.1) is 0 Å². The number of halogens is 3. The van der Waals surface area contributed by atoms with E-state index in [4.69, 9.17) is 4.98 Å². The first kappa shape index (κ1) is 30.5. The first-order chi connectivity index (χ1) is 19.4. The normalized spacial score (nSPS) is 18.7. The van der Waals surface area contributed by atoms with Crippen LogP contribution in [0.5, 0.6) is 0 Å². The fourth-order valence-corrected chi connectivity index (χ4v) is 5.72. The van der Waals surface area contributed by atoms with Gasteiger partial charge in [0.15, 0.2) is 0 Å². The molecule has 3 aromatic rings. The number of imidazole rings is 1. The van der Waals surface area contributed by atoms with Gasteiger partial charge in [-0.05, 0) is 43.0 Å². The molecule has 2 N–H and O–H groups in total. The molecule has 0 aliphatic carbocycles. The van der Waals surface area contributed by atoms with Gasteiger partial charge in [0.2, 0.25) is 0 Å². The molecule has 0 radical (unpaired) electrons. The summed E-state index contributed by atoms with van der Waals surface area (Å²) in [6.45, 7) is 7.13. The number of ketones is 1. The first-order valence-electron chi connectivity index (χ1n) is 13.8. The predicted molar refractivity (Wildman–Crippen MR) is 150 cm³/mol. The van der Waals surface area contributed by atoms with E-state index in [2.05, 4.69) is 5.32 Å². The molecule has 0 bridgehead atoms. The van der Waals surface area contributed by atoms with Crippen LogP contribution < -0.4 is 5.32 Å². The number of amides is 1. The molecule has 4 atom stereocenters. The third-order valence-corrected chi connectivity index (χ3v) is 7.54. The second-order valence-electron chi connectivity index (χ2n) is 11.6. The van der Waals surface area contributed by atoms with Crippen LogP contribution in [0.4, 0.5) is 13.2 Å².